The SMILES string of the molecule is NS(=O)(=O)c1ccc(NC(=O)C2CCCCC2)cc1Cl. The number of hydrogen-bond acceptors (Lipinski definition) is 3. The van der Waals surface area contributed by atoms with Gasteiger partial charge in [-0.25, -0.2) is 13.6 Å². The van der Waals surface area contributed by atoms with Gasteiger partial charge in [0.05, 0.1) is 5.02 Å². The van der Waals surface area contributed by atoms with Crippen LogP contribution in [-0.2, 0) is 14.8 Å². The van der Waals surface area contributed by atoms with Crippen LogP contribution in [-0.4, -0.2) is 14.3 Å². The quantitative estimate of drug-likeness (QED) is 0.897. The van der Waals surface area contributed by atoms with Crippen molar-refractivity contribution in [1.82, 2.24) is 0 Å². The Morgan fingerprint density at radius 3 is 2.45 bits per heavy atom. The Bertz CT molecular complexity index is 610. The topological polar surface area (TPSA) is 89.3 Å². The number of benzene rings is 1. The van der Waals surface area contributed by atoms with Gasteiger partial charge in [0.15, 0.2) is 0 Å². The van der Waals surface area contributed by atoms with E-state index in [9.17, 15) is 13.2 Å². The molecule has 0 saturated heterocycles. The van der Waals surface area contributed by atoms with Crippen molar-refractivity contribution in [1.29, 1.82) is 0 Å². The van der Waals surface area contributed by atoms with E-state index in [1.165, 1.54) is 24.6 Å². The summed E-state index contributed by atoms with van der Waals surface area (Å²) in [7, 11) is -3.84. The summed E-state index contributed by atoms with van der Waals surface area (Å²) >= 11 is 5.87. The lowest BCUT2D eigenvalue weighted by atomic mass is 9.88. The van der Waals surface area contributed by atoms with E-state index in [1.54, 1.807) is 0 Å². The first-order valence-corrected chi connectivity index (χ1v) is 8.43. The second-order valence-corrected chi connectivity index (χ2v) is 6.95. The minimum absolute atomic E-state index is 0.00828. The fourth-order valence-corrected chi connectivity index (χ4v) is 3.51. The maximum absolute atomic E-state index is 12.1. The molecule has 1 amide bonds. The van der Waals surface area contributed by atoms with Crippen LogP contribution in [0.15, 0.2) is 23.1 Å². The lowest BCUT2D eigenvalue weighted by molar-refractivity contribution is -0.120. The molecular formula is C13H17ClN2O3S. The standard InChI is InChI=1S/C13H17ClN2O3S/c14-11-8-10(6-7-12(11)20(15,18)19)16-13(17)9-4-2-1-3-5-9/h6-9H,1-5H2,(H,16,17)(H2,15,18,19). The summed E-state index contributed by atoms with van der Waals surface area (Å²) in [4.78, 5) is 11.9. The number of hydrogen-bond donors (Lipinski definition) is 2. The Balaban J connectivity index is 2.10. The molecule has 0 aliphatic heterocycles. The fraction of sp³-hybridized carbons (Fsp3) is 0.462. The molecule has 0 heterocycles. The Kier molecular flexibility index (Phi) is 4.67. The third-order valence-electron chi connectivity index (χ3n) is 3.48. The van der Waals surface area contributed by atoms with Gasteiger partial charge >= 0.3 is 0 Å². The van der Waals surface area contributed by atoms with Crippen LogP contribution in [0.25, 0.3) is 0 Å². The number of nitrogens with two attached hydrogens (primary N) is 1. The Labute approximate surface area is 123 Å². The van der Waals surface area contributed by atoms with Crippen LogP contribution in [0.2, 0.25) is 5.02 Å². The van der Waals surface area contributed by atoms with Crippen LogP contribution in [0, 0.1) is 5.92 Å². The molecule has 110 valence electrons. The summed E-state index contributed by atoms with van der Waals surface area (Å²) in [6.07, 6.45) is 5.12. The Morgan fingerprint density at radius 2 is 1.90 bits per heavy atom. The van der Waals surface area contributed by atoms with Gasteiger partial charge in [-0.05, 0) is 31.0 Å². The van der Waals surface area contributed by atoms with Gasteiger partial charge in [0, 0.05) is 11.6 Å². The molecule has 1 aliphatic rings. The van der Waals surface area contributed by atoms with Crippen LogP contribution in [0.1, 0.15) is 32.1 Å². The van der Waals surface area contributed by atoms with E-state index >= 15 is 0 Å². The van der Waals surface area contributed by atoms with Gasteiger partial charge < -0.3 is 5.32 Å². The number of rotatable bonds is 3. The molecule has 2 rings (SSSR count). The van der Waals surface area contributed by atoms with Gasteiger partial charge in [-0.3, -0.25) is 4.79 Å². The molecule has 0 unspecified atom stereocenters. The van der Waals surface area contributed by atoms with Gasteiger partial charge in [-0.1, -0.05) is 30.9 Å². The average molecular weight is 317 g/mol. The first-order chi connectivity index (χ1) is 9.38. The van der Waals surface area contributed by atoms with Crippen LogP contribution in [0.5, 0.6) is 0 Å². The fourth-order valence-electron chi connectivity index (χ4n) is 2.42. The molecule has 7 heteroatoms. The van der Waals surface area contributed by atoms with Crippen LogP contribution < -0.4 is 10.5 Å². The van der Waals surface area contributed by atoms with E-state index in [4.69, 9.17) is 16.7 Å². The van der Waals surface area contributed by atoms with Crippen molar-refractivity contribution >= 4 is 33.2 Å². The Hall–Kier alpha value is -1.11. The molecule has 5 nitrogen and oxygen atoms in total. The predicted molar refractivity (Wildman–Crippen MR) is 78.0 cm³/mol. The minimum Gasteiger partial charge on any atom is -0.326 e. The first-order valence-electron chi connectivity index (χ1n) is 6.51. The second kappa shape index (κ2) is 6.11. The van der Waals surface area contributed by atoms with Crippen LogP contribution >= 0.6 is 11.6 Å². The van der Waals surface area contributed by atoms with E-state index in [1.807, 2.05) is 0 Å². The Morgan fingerprint density at radius 1 is 1.25 bits per heavy atom. The van der Waals surface area contributed by atoms with Gasteiger partial charge in [0.25, 0.3) is 0 Å². The molecule has 0 radical (unpaired) electrons. The molecule has 20 heavy (non-hydrogen) atoms. The first kappa shape index (κ1) is 15.3. The van der Waals surface area contributed by atoms with E-state index in [-0.39, 0.29) is 21.7 Å². The van der Waals surface area contributed by atoms with Gasteiger partial charge in [0.2, 0.25) is 15.9 Å². The molecule has 1 aromatic carbocycles. The third-order valence-corrected chi connectivity index (χ3v) is 4.88. The van der Waals surface area contributed by atoms with Crippen molar-refractivity contribution in [3.05, 3.63) is 23.2 Å². The highest BCUT2D eigenvalue weighted by molar-refractivity contribution is 7.89. The molecule has 1 aromatic rings. The zero-order valence-electron chi connectivity index (χ0n) is 10.9. The van der Waals surface area contributed by atoms with Crippen molar-refractivity contribution in [2.75, 3.05) is 5.32 Å². The zero-order chi connectivity index (χ0) is 14.8. The highest BCUT2D eigenvalue weighted by atomic mass is 35.5. The summed E-state index contributed by atoms with van der Waals surface area (Å²) in [5.74, 6) is -0.00966. The van der Waals surface area contributed by atoms with Crippen molar-refractivity contribution in [3.8, 4) is 0 Å². The number of carbonyl (C=O) groups excluding carboxylic acids is 1. The van der Waals surface area contributed by atoms with E-state index < -0.39 is 10.0 Å². The number of halogens is 1. The number of nitrogens with one attached hydrogen (secondary N) is 1. The largest absolute Gasteiger partial charge is 0.326 e. The van der Waals surface area contributed by atoms with Gasteiger partial charge in [-0.15, -0.1) is 0 Å². The molecule has 3 N–H and O–H groups in total. The number of sulfonamides is 1. The number of anilines is 1. The monoisotopic (exact) mass is 316 g/mol. The molecular weight excluding hydrogens is 300 g/mol. The molecule has 0 spiro atoms. The van der Waals surface area contributed by atoms with E-state index in [0.717, 1.165) is 25.7 Å². The maximum atomic E-state index is 12.1. The van der Waals surface area contributed by atoms with Crippen molar-refractivity contribution in [2.45, 2.75) is 37.0 Å². The average Bonchev–Trinajstić information content (AvgIpc) is 2.38. The van der Waals surface area contributed by atoms with E-state index in [2.05, 4.69) is 5.32 Å². The third kappa shape index (κ3) is 3.71. The molecule has 1 saturated carbocycles. The molecule has 0 aromatic heterocycles. The minimum atomic E-state index is -3.84. The number of primary sulfonamides is 1. The molecule has 1 aliphatic carbocycles. The lowest BCUT2D eigenvalue weighted by Gasteiger charge is -2.20. The smallest absolute Gasteiger partial charge is 0.239 e. The highest BCUT2D eigenvalue weighted by Crippen LogP contribution is 2.27. The van der Waals surface area contributed by atoms with Gasteiger partial charge in [-0.2, -0.15) is 0 Å². The van der Waals surface area contributed by atoms with Crippen molar-refractivity contribution < 1.29 is 13.2 Å². The summed E-state index contributed by atoms with van der Waals surface area (Å²) < 4.78 is 22.5. The summed E-state index contributed by atoms with van der Waals surface area (Å²) in [5, 5.41) is 7.81. The molecule has 0 bridgehead atoms. The maximum Gasteiger partial charge on any atom is 0.239 e. The zero-order valence-corrected chi connectivity index (χ0v) is 12.5. The summed E-state index contributed by atoms with van der Waals surface area (Å²) in [6.45, 7) is 0. The van der Waals surface area contributed by atoms with Gasteiger partial charge in [0.1, 0.15) is 4.90 Å². The van der Waals surface area contributed by atoms with E-state index in [0.29, 0.717) is 5.69 Å². The normalized spacial score (nSPS) is 16.9. The van der Waals surface area contributed by atoms with Crippen molar-refractivity contribution in [2.24, 2.45) is 11.1 Å². The summed E-state index contributed by atoms with van der Waals surface area (Å²) in [6, 6.07) is 4.20. The lowest BCUT2D eigenvalue weighted by Crippen LogP contribution is -2.24. The van der Waals surface area contributed by atoms with Crippen LogP contribution in [0.3, 0.4) is 0 Å². The summed E-state index contributed by atoms with van der Waals surface area (Å²) in [5.41, 5.74) is 0.484. The second-order valence-electron chi connectivity index (χ2n) is 5.01. The molecule has 1 fully saturated rings. The predicted octanol–water partition coefficient (Wildman–Crippen LogP) is 2.51. The highest BCUT2D eigenvalue weighted by Gasteiger charge is 2.21. The van der Waals surface area contributed by atoms with Crippen molar-refractivity contribution in [3.63, 3.8) is 0 Å². The van der Waals surface area contributed by atoms with Crippen LogP contribution in [0.4, 0.5) is 5.69 Å². The number of amides is 1. The molecule has 0 atom stereocenters. The number of carbonyl (C=O) groups is 1.